The van der Waals surface area contributed by atoms with Crippen molar-refractivity contribution in [2.75, 3.05) is 4.90 Å². The minimum Gasteiger partial charge on any atom is -0.351 e. The van der Waals surface area contributed by atoms with Crippen LogP contribution >= 0.6 is 12.2 Å². The lowest BCUT2D eigenvalue weighted by Gasteiger charge is -2.29. The zero-order chi connectivity index (χ0) is 22.9. The number of non-ortho nitro benzene ring substituents is 1. The molecule has 0 spiro atoms. The largest absolute Gasteiger partial charge is 0.351 e. The number of hydrogen-bond donors (Lipinski definition) is 1. The first-order valence-corrected chi connectivity index (χ1v) is 10.9. The minimum atomic E-state index is -0.381. The first kappa shape index (κ1) is 20.8. The van der Waals surface area contributed by atoms with Crippen molar-refractivity contribution in [1.29, 1.82) is 0 Å². The number of nitrogens with one attached hydrogen (secondary N) is 1. The average molecular weight is 456 g/mol. The first-order chi connectivity index (χ1) is 16.0. The zero-order valence-corrected chi connectivity index (χ0v) is 18.6. The highest BCUT2D eigenvalue weighted by atomic mass is 32.1. The molecule has 33 heavy (non-hydrogen) atoms. The fraction of sp³-hybridized carbons (Fsp3) is 0.120. The van der Waals surface area contributed by atoms with E-state index in [4.69, 9.17) is 12.2 Å². The summed E-state index contributed by atoms with van der Waals surface area (Å²) in [4.78, 5) is 17.7. The van der Waals surface area contributed by atoms with Crippen LogP contribution in [0.2, 0.25) is 0 Å². The number of nitrogens with zero attached hydrogens (tertiary/aromatic N) is 4. The van der Waals surface area contributed by atoms with E-state index in [2.05, 4.69) is 39.5 Å². The van der Waals surface area contributed by atoms with Gasteiger partial charge in [0, 0.05) is 35.9 Å². The molecule has 1 aliphatic rings. The maximum absolute atomic E-state index is 11.4. The minimum absolute atomic E-state index is 0.0453. The van der Waals surface area contributed by atoms with Crippen LogP contribution in [0.25, 0.3) is 5.69 Å². The van der Waals surface area contributed by atoms with E-state index in [1.165, 1.54) is 6.07 Å². The smallest absolute Gasteiger partial charge is 0.271 e. The summed E-state index contributed by atoms with van der Waals surface area (Å²) in [6.45, 7) is 2.05. The zero-order valence-electron chi connectivity index (χ0n) is 17.8. The predicted octanol–water partition coefficient (Wildman–Crippen LogP) is 5.27. The summed E-state index contributed by atoms with van der Waals surface area (Å²) in [5.41, 5.74) is 4.70. The monoisotopic (exact) mass is 455 g/mol. The quantitative estimate of drug-likeness (QED) is 0.251. The van der Waals surface area contributed by atoms with Crippen molar-refractivity contribution >= 4 is 28.7 Å². The van der Waals surface area contributed by atoms with Crippen molar-refractivity contribution in [1.82, 2.24) is 14.9 Å². The lowest BCUT2D eigenvalue weighted by molar-refractivity contribution is -0.384. The Hall–Kier alpha value is -4.04. The second-order valence-corrected chi connectivity index (χ2v) is 8.30. The molecule has 0 unspecified atom stereocenters. The SMILES string of the molecule is Cc1ccc(N2C(=S)N[C@H](c3ccccn3)[C@@H]2c2cccn2-c2cccc([N+](=O)[O-])c2)cc1. The lowest BCUT2D eigenvalue weighted by Crippen LogP contribution is -2.30. The molecular formula is C25H21N5O2S. The molecule has 0 amide bonds. The van der Waals surface area contributed by atoms with Gasteiger partial charge in [0.2, 0.25) is 0 Å². The van der Waals surface area contributed by atoms with Gasteiger partial charge in [-0.3, -0.25) is 15.1 Å². The number of rotatable bonds is 5. The Labute approximate surface area is 196 Å². The third-order valence-corrected chi connectivity index (χ3v) is 6.13. The van der Waals surface area contributed by atoms with Gasteiger partial charge in [0.25, 0.3) is 5.69 Å². The predicted molar refractivity (Wildman–Crippen MR) is 132 cm³/mol. The van der Waals surface area contributed by atoms with Crippen molar-refractivity contribution in [2.45, 2.75) is 19.0 Å². The van der Waals surface area contributed by atoms with Gasteiger partial charge < -0.3 is 14.8 Å². The third-order valence-electron chi connectivity index (χ3n) is 5.81. The number of hydrogen-bond acceptors (Lipinski definition) is 4. The Morgan fingerprint density at radius 3 is 2.55 bits per heavy atom. The summed E-state index contributed by atoms with van der Waals surface area (Å²) >= 11 is 5.79. The van der Waals surface area contributed by atoms with E-state index in [1.54, 1.807) is 18.3 Å². The van der Waals surface area contributed by atoms with Crippen molar-refractivity contribution < 1.29 is 4.92 Å². The number of benzene rings is 2. The van der Waals surface area contributed by atoms with Crippen LogP contribution in [0.15, 0.2) is 91.3 Å². The van der Waals surface area contributed by atoms with E-state index in [1.807, 2.05) is 54.1 Å². The molecule has 164 valence electrons. The summed E-state index contributed by atoms with van der Waals surface area (Å²) in [6.07, 6.45) is 3.68. The summed E-state index contributed by atoms with van der Waals surface area (Å²) in [6, 6.07) is 24.2. The number of nitro groups is 1. The number of thiocarbonyl (C=S) groups is 1. The Morgan fingerprint density at radius 2 is 1.82 bits per heavy atom. The highest BCUT2D eigenvalue weighted by Crippen LogP contribution is 2.42. The molecule has 4 aromatic rings. The van der Waals surface area contributed by atoms with Gasteiger partial charge >= 0.3 is 0 Å². The number of aromatic nitrogens is 2. The molecule has 1 N–H and O–H groups in total. The Balaban J connectivity index is 1.66. The van der Waals surface area contributed by atoms with Crippen LogP contribution in [0.5, 0.6) is 0 Å². The highest BCUT2D eigenvalue weighted by Gasteiger charge is 2.42. The number of aryl methyl sites for hydroxylation is 1. The van der Waals surface area contributed by atoms with E-state index < -0.39 is 0 Å². The van der Waals surface area contributed by atoms with Crippen molar-refractivity contribution in [3.8, 4) is 5.69 Å². The van der Waals surface area contributed by atoms with Crippen LogP contribution in [0.1, 0.15) is 29.0 Å². The summed E-state index contributed by atoms with van der Waals surface area (Å²) in [7, 11) is 0. The van der Waals surface area contributed by atoms with E-state index in [-0.39, 0.29) is 22.7 Å². The van der Waals surface area contributed by atoms with Gasteiger partial charge in [-0.15, -0.1) is 0 Å². The fourth-order valence-corrected chi connectivity index (χ4v) is 4.61. The molecule has 2 aromatic carbocycles. The van der Waals surface area contributed by atoms with Gasteiger partial charge in [-0.25, -0.2) is 0 Å². The molecule has 0 bridgehead atoms. The van der Waals surface area contributed by atoms with E-state index >= 15 is 0 Å². The maximum Gasteiger partial charge on any atom is 0.271 e. The van der Waals surface area contributed by atoms with E-state index in [9.17, 15) is 10.1 Å². The van der Waals surface area contributed by atoms with E-state index in [0.29, 0.717) is 10.8 Å². The van der Waals surface area contributed by atoms with Gasteiger partial charge in [-0.2, -0.15) is 0 Å². The second kappa shape index (κ2) is 8.48. The molecule has 7 nitrogen and oxygen atoms in total. The molecule has 2 aromatic heterocycles. The first-order valence-electron chi connectivity index (χ1n) is 10.5. The molecular weight excluding hydrogens is 434 g/mol. The van der Waals surface area contributed by atoms with Gasteiger partial charge in [-0.05, 0) is 61.6 Å². The Bertz CT molecular complexity index is 1320. The summed E-state index contributed by atoms with van der Waals surface area (Å²) in [5, 5.41) is 15.4. The Kier molecular flexibility index (Phi) is 5.35. The summed E-state index contributed by atoms with van der Waals surface area (Å²) in [5.74, 6) is 0. The van der Waals surface area contributed by atoms with Crippen molar-refractivity contribution in [3.05, 3.63) is 118 Å². The van der Waals surface area contributed by atoms with Crippen LogP contribution in [0.4, 0.5) is 11.4 Å². The van der Waals surface area contributed by atoms with Crippen molar-refractivity contribution in [3.63, 3.8) is 0 Å². The van der Waals surface area contributed by atoms with Crippen LogP contribution in [-0.4, -0.2) is 19.6 Å². The van der Waals surface area contributed by atoms with E-state index in [0.717, 1.165) is 22.6 Å². The molecule has 5 rings (SSSR count). The number of pyridine rings is 1. The molecule has 3 heterocycles. The van der Waals surface area contributed by atoms with Gasteiger partial charge in [0.05, 0.1) is 22.3 Å². The van der Waals surface area contributed by atoms with Gasteiger partial charge in [0.15, 0.2) is 5.11 Å². The van der Waals surface area contributed by atoms with Gasteiger partial charge in [-0.1, -0.05) is 29.8 Å². The summed E-state index contributed by atoms with van der Waals surface area (Å²) < 4.78 is 1.98. The molecule has 1 aliphatic heterocycles. The van der Waals surface area contributed by atoms with Gasteiger partial charge in [0.1, 0.15) is 6.04 Å². The lowest BCUT2D eigenvalue weighted by atomic mass is 10.0. The second-order valence-electron chi connectivity index (χ2n) is 7.91. The molecule has 2 atom stereocenters. The topological polar surface area (TPSA) is 76.2 Å². The molecule has 1 fully saturated rings. The Morgan fingerprint density at radius 1 is 1.00 bits per heavy atom. The van der Waals surface area contributed by atoms with Crippen LogP contribution in [0.3, 0.4) is 0 Å². The van der Waals surface area contributed by atoms with Crippen LogP contribution in [0, 0.1) is 17.0 Å². The molecule has 0 aliphatic carbocycles. The highest BCUT2D eigenvalue weighted by molar-refractivity contribution is 7.80. The van der Waals surface area contributed by atoms with Crippen molar-refractivity contribution in [2.24, 2.45) is 0 Å². The third kappa shape index (κ3) is 3.85. The average Bonchev–Trinajstić information content (AvgIpc) is 3.44. The van der Waals surface area contributed by atoms with Crippen LogP contribution < -0.4 is 10.2 Å². The molecule has 0 radical (unpaired) electrons. The fourth-order valence-electron chi connectivity index (χ4n) is 4.27. The molecule has 8 heteroatoms. The normalized spacial score (nSPS) is 17.7. The van der Waals surface area contributed by atoms with Crippen LogP contribution in [-0.2, 0) is 0 Å². The number of nitro benzene ring substituents is 1. The number of anilines is 1. The molecule has 1 saturated heterocycles. The standard InChI is InChI=1S/C25H21N5O2S/c1-17-10-12-18(13-11-17)29-24(23(27-25(29)33)21-8-2-3-14-26-21)22-9-5-15-28(22)19-6-4-7-20(16-19)30(31)32/h2-16,23-24H,1H3,(H,27,33)/t23-,24+/m1/s1. The maximum atomic E-state index is 11.4. The molecule has 0 saturated carbocycles.